The van der Waals surface area contributed by atoms with Gasteiger partial charge in [0.25, 0.3) is 0 Å². The summed E-state index contributed by atoms with van der Waals surface area (Å²) in [4.78, 5) is 11.6. The van der Waals surface area contributed by atoms with Gasteiger partial charge in [-0.2, -0.15) is 0 Å². The van der Waals surface area contributed by atoms with Gasteiger partial charge in [0.2, 0.25) is 0 Å². The molecule has 0 fully saturated rings. The molecular formula is C15H20O3. The number of hydrogen-bond donors (Lipinski definition) is 1. The molecule has 98 valence electrons. The molecule has 0 saturated heterocycles. The molecule has 1 aliphatic carbocycles. The summed E-state index contributed by atoms with van der Waals surface area (Å²) in [6, 6.07) is 5.77. The number of ketones is 1. The van der Waals surface area contributed by atoms with Gasteiger partial charge in [0, 0.05) is 5.92 Å². The van der Waals surface area contributed by atoms with Gasteiger partial charge >= 0.3 is 0 Å². The molecule has 0 amide bonds. The van der Waals surface area contributed by atoms with Crippen molar-refractivity contribution in [1.82, 2.24) is 0 Å². The van der Waals surface area contributed by atoms with Crippen molar-refractivity contribution in [3.05, 3.63) is 29.3 Å². The van der Waals surface area contributed by atoms with Crippen LogP contribution in [0.25, 0.3) is 0 Å². The van der Waals surface area contributed by atoms with Crippen LogP contribution in [0.3, 0.4) is 0 Å². The maximum absolute atomic E-state index is 11.6. The van der Waals surface area contributed by atoms with Crippen LogP contribution in [0.2, 0.25) is 0 Å². The van der Waals surface area contributed by atoms with Gasteiger partial charge in [-0.15, -0.1) is 0 Å². The normalized spacial score (nSPS) is 24.2. The van der Waals surface area contributed by atoms with Gasteiger partial charge in [-0.1, -0.05) is 13.0 Å². The van der Waals surface area contributed by atoms with E-state index in [0.717, 1.165) is 29.7 Å². The zero-order valence-electron chi connectivity index (χ0n) is 11.2. The molecule has 18 heavy (non-hydrogen) atoms. The highest BCUT2D eigenvalue weighted by Gasteiger charge is 2.41. The number of rotatable bonds is 3. The number of aryl methyl sites for hydroxylation is 1. The van der Waals surface area contributed by atoms with Crippen LogP contribution in [0, 0.1) is 5.92 Å². The Morgan fingerprint density at radius 1 is 1.50 bits per heavy atom. The summed E-state index contributed by atoms with van der Waals surface area (Å²) in [5.74, 6) is 0.363. The highest BCUT2D eigenvalue weighted by Crippen LogP contribution is 2.42. The molecule has 0 aliphatic heterocycles. The third-order valence-electron chi connectivity index (χ3n) is 4.11. The lowest BCUT2D eigenvalue weighted by Gasteiger charge is -2.38. The standard InChI is InChI=1S/C15H20O3/c1-10(11(2)16)15(17)8-4-5-12-6-7-13(18-3)9-14(12)15/h6-7,9-10,17H,4-5,8H2,1-3H3. The van der Waals surface area contributed by atoms with E-state index in [9.17, 15) is 9.90 Å². The SMILES string of the molecule is COc1ccc2c(c1)C(O)(C(C)C(C)=O)CCC2. The van der Waals surface area contributed by atoms with E-state index >= 15 is 0 Å². The second-order valence-corrected chi connectivity index (χ2v) is 5.13. The van der Waals surface area contributed by atoms with Crippen LogP contribution >= 0.6 is 0 Å². The average Bonchev–Trinajstić information content (AvgIpc) is 2.37. The zero-order valence-corrected chi connectivity index (χ0v) is 11.2. The van der Waals surface area contributed by atoms with Crippen LogP contribution in [0.5, 0.6) is 5.75 Å². The molecule has 3 nitrogen and oxygen atoms in total. The van der Waals surface area contributed by atoms with Crippen LogP contribution in [0.1, 0.15) is 37.8 Å². The van der Waals surface area contributed by atoms with Gasteiger partial charge in [0.1, 0.15) is 11.5 Å². The average molecular weight is 248 g/mol. The Kier molecular flexibility index (Phi) is 3.44. The van der Waals surface area contributed by atoms with E-state index in [-0.39, 0.29) is 11.7 Å². The Balaban J connectivity index is 2.51. The predicted octanol–water partition coefficient (Wildman–Crippen LogP) is 2.44. The molecule has 0 heterocycles. The van der Waals surface area contributed by atoms with Crippen LogP contribution in [0.15, 0.2) is 18.2 Å². The molecule has 2 unspecified atom stereocenters. The van der Waals surface area contributed by atoms with E-state index in [0.29, 0.717) is 6.42 Å². The molecule has 0 bridgehead atoms. The quantitative estimate of drug-likeness (QED) is 0.893. The molecule has 3 heteroatoms. The number of ether oxygens (including phenoxy) is 1. The van der Waals surface area contributed by atoms with E-state index in [1.165, 1.54) is 6.92 Å². The van der Waals surface area contributed by atoms with E-state index in [1.54, 1.807) is 14.0 Å². The number of carbonyl (C=O) groups is 1. The van der Waals surface area contributed by atoms with E-state index in [4.69, 9.17) is 4.74 Å². The second-order valence-electron chi connectivity index (χ2n) is 5.13. The molecular weight excluding hydrogens is 228 g/mol. The van der Waals surface area contributed by atoms with Gasteiger partial charge in [-0.25, -0.2) is 0 Å². The lowest BCUT2D eigenvalue weighted by molar-refractivity contribution is -0.131. The lowest BCUT2D eigenvalue weighted by atomic mass is 9.71. The Morgan fingerprint density at radius 2 is 2.22 bits per heavy atom. The minimum Gasteiger partial charge on any atom is -0.497 e. The molecule has 1 aromatic carbocycles. The Hall–Kier alpha value is -1.35. The summed E-state index contributed by atoms with van der Waals surface area (Å²) in [5.41, 5.74) is 0.932. The van der Waals surface area contributed by atoms with Gasteiger partial charge in [0.05, 0.1) is 12.7 Å². The fraction of sp³-hybridized carbons (Fsp3) is 0.533. The van der Waals surface area contributed by atoms with Crippen molar-refractivity contribution in [2.45, 2.75) is 38.7 Å². The van der Waals surface area contributed by atoms with Crippen LogP contribution in [0.4, 0.5) is 0 Å². The summed E-state index contributed by atoms with van der Waals surface area (Å²) < 4.78 is 5.22. The summed E-state index contributed by atoms with van der Waals surface area (Å²) in [7, 11) is 1.61. The maximum atomic E-state index is 11.6. The lowest BCUT2D eigenvalue weighted by Crippen LogP contribution is -2.40. The van der Waals surface area contributed by atoms with Crippen molar-refractivity contribution < 1.29 is 14.6 Å². The van der Waals surface area contributed by atoms with Crippen LogP contribution < -0.4 is 4.74 Å². The number of fused-ring (bicyclic) bond motifs is 1. The van der Waals surface area contributed by atoms with Gasteiger partial charge in [-0.05, 0) is 49.4 Å². The molecule has 0 radical (unpaired) electrons. The van der Waals surface area contributed by atoms with Crippen molar-refractivity contribution in [3.8, 4) is 5.75 Å². The molecule has 2 atom stereocenters. The largest absolute Gasteiger partial charge is 0.497 e. The van der Waals surface area contributed by atoms with Crippen molar-refractivity contribution in [3.63, 3.8) is 0 Å². The number of aliphatic hydroxyl groups is 1. The first kappa shape index (κ1) is 13.1. The highest BCUT2D eigenvalue weighted by atomic mass is 16.5. The van der Waals surface area contributed by atoms with E-state index in [1.807, 2.05) is 18.2 Å². The van der Waals surface area contributed by atoms with Crippen LogP contribution in [-0.2, 0) is 16.8 Å². The third kappa shape index (κ3) is 2.03. The fourth-order valence-electron chi connectivity index (χ4n) is 2.77. The third-order valence-corrected chi connectivity index (χ3v) is 4.11. The molecule has 2 rings (SSSR count). The zero-order chi connectivity index (χ0) is 13.3. The summed E-state index contributed by atoms with van der Waals surface area (Å²) >= 11 is 0. The van der Waals surface area contributed by atoms with Crippen molar-refractivity contribution in [2.75, 3.05) is 7.11 Å². The number of Topliss-reactive ketones (excluding diaryl/α,β-unsaturated/α-hetero) is 1. The summed E-state index contributed by atoms with van der Waals surface area (Å²) in [6.45, 7) is 3.34. The molecule has 0 spiro atoms. The predicted molar refractivity (Wildman–Crippen MR) is 69.7 cm³/mol. The Morgan fingerprint density at radius 3 is 2.83 bits per heavy atom. The second kappa shape index (κ2) is 4.73. The van der Waals surface area contributed by atoms with Crippen molar-refractivity contribution in [1.29, 1.82) is 0 Å². The first-order valence-corrected chi connectivity index (χ1v) is 6.39. The minimum absolute atomic E-state index is 0.0215. The highest BCUT2D eigenvalue weighted by molar-refractivity contribution is 5.79. The maximum Gasteiger partial charge on any atom is 0.135 e. The molecule has 1 N–H and O–H groups in total. The van der Waals surface area contributed by atoms with Crippen molar-refractivity contribution in [2.24, 2.45) is 5.92 Å². The first-order valence-electron chi connectivity index (χ1n) is 6.39. The summed E-state index contributed by atoms with van der Waals surface area (Å²) in [5, 5.41) is 10.9. The van der Waals surface area contributed by atoms with E-state index in [2.05, 4.69) is 0 Å². The minimum atomic E-state index is -1.05. The topological polar surface area (TPSA) is 46.5 Å². The van der Waals surface area contributed by atoms with E-state index < -0.39 is 5.60 Å². The molecule has 0 aromatic heterocycles. The Bertz CT molecular complexity index is 467. The number of methoxy groups -OCH3 is 1. The number of carbonyl (C=O) groups excluding carboxylic acids is 1. The van der Waals surface area contributed by atoms with Crippen LogP contribution in [-0.4, -0.2) is 18.0 Å². The van der Waals surface area contributed by atoms with Gasteiger partial charge < -0.3 is 9.84 Å². The van der Waals surface area contributed by atoms with Gasteiger partial charge in [0.15, 0.2) is 0 Å². The number of hydrogen-bond acceptors (Lipinski definition) is 3. The fourth-order valence-corrected chi connectivity index (χ4v) is 2.77. The van der Waals surface area contributed by atoms with Crippen molar-refractivity contribution >= 4 is 5.78 Å². The molecule has 0 saturated carbocycles. The Labute approximate surface area is 108 Å². The monoisotopic (exact) mass is 248 g/mol. The molecule has 1 aliphatic rings. The molecule has 1 aromatic rings. The smallest absolute Gasteiger partial charge is 0.135 e. The first-order chi connectivity index (χ1) is 8.49. The number of benzene rings is 1. The van der Waals surface area contributed by atoms with Gasteiger partial charge in [-0.3, -0.25) is 4.79 Å². The summed E-state index contributed by atoms with van der Waals surface area (Å²) in [6.07, 6.45) is 2.49.